The first-order valence-electron chi connectivity index (χ1n) is 5.23. The Balaban J connectivity index is 2.05. The van der Waals surface area contributed by atoms with Crippen molar-refractivity contribution in [3.63, 3.8) is 0 Å². The van der Waals surface area contributed by atoms with E-state index in [1.165, 1.54) is 23.1 Å². The van der Waals surface area contributed by atoms with E-state index in [1.807, 2.05) is 0 Å². The molecule has 0 atom stereocenters. The van der Waals surface area contributed by atoms with Gasteiger partial charge in [0.15, 0.2) is 0 Å². The second-order valence-electron chi connectivity index (χ2n) is 3.65. The van der Waals surface area contributed by atoms with Gasteiger partial charge < -0.3 is 10.4 Å². The number of nitrogens with zero attached hydrogens (tertiary/aromatic N) is 3. The number of carbonyl (C=O) groups is 2. The van der Waals surface area contributed by atoms with E-state index in [0.717, 1.165) is 12.1 Å². The van der Waals surface area contributed by atoms with Gasteiger partial charge in [-0.2, -0.15) is 0 Å². The molecule has 0 aliphatic heterocycles. The third-order valence-electron chi connectivity index (χ3n) is 2.26. The second kappa shape index (κ2) is 5.25. The smallest absolute Gasteiger partial charge is 0.338 e. The van der Waals surface area contributed by atoms with Crippen LogP contribution in [0.2, 0.25) is 0 Å². The maximum atomic E-state index is 13.4. The lowest BCUT2D eigenvalue weighted by Gasteiger charge is -2.06. The highest BCUT2D eigenvalue weighted by Gasteiger charge is 2.11. The lowest BCUT2D eigenvalue weighted by atomic mass is 10.2. The van der Waals surface area contributed by atoms with Crippen molar-refractivity contribution in [3.8, 4) is 0 Å². The Morgan fingerprint density at radius 2 is 2.21 bits per heavy atom. The average Bonchev–Trinajstić information content (AvgIpc) is 2.81. The monoisotopic (exact) mass is 264 g/mol. The fourth-order valence-electron chi connectivity index (χ4n) is 1.43. The number of benzene rings is 1. The molecule has 7 nitrogen and oxygen atoms in total. The number of carboxylic acid groups (broad SMARTS) is 1. The largest absolute Gasteiger partial charge is 0.478 e. The van der Waals surface area contributed by atoms with Crippen molar-refractivity contribution in [2.45, 2.75) is 6.54 Å². The Labute approximate surface area is 106 Å². The summed E-state index contributed by atoms with van der Waals surface area (Å²) in [5.74, 6) is -2.70. The SMILES string of the molecule is O=C(Cn1ccnn1)Nc1ccc(C(=O)O)c(F)c1. The van der Waals surface area contributed by atoms with Crippen molar-refractivity contribution in [1.29, 1.82) is 0 Å². The molecule has 0 bridgehead atoms. The van der Waals surface area contributed by atoms with Gasteiger partial charge >= 0.3 is 5.97 Å². The Morgan fingerprint density at radius 3 is 2.79 bits per heavy atom. The van der Waals surface area contributed by atoms with E-state index in [9.17, 15) is 14.0 Å². The van der Waals surface area contributed by atoms with Crippen LogP contribution in [0.25, 0.3) is 0 Å². The summed E-state index contributed by atoms with van der Waals surface area (Å²) in [5, 5.41) is 18.2. The fourth-order valence-corrected chi connectivity index (χ4v) is 1.43. The summed E-state index contributed by atoms with van der Waals surface area (Å²) >= 11 is 0. The summed E-state index contributed by atoms with van der Waals surface area (Å²) in [6, 6.07) is 3.34. The van der Waals surface area contributed by atoms with E-state index in [0.29, 0.717) is 0 Å². The van der Waals surface area contributed by atoms with Crippen molar-refractivity contribution < 1.29 is 19.1 Å². The van der Waals surface area contributed by atoms with Crippen LogP contribution in [0.4, 0.5) is 10.1 Å². The molecule has 1 aromatic carbocycles. The molecule has 1 heterocycles. The lowest BCUT2D eigenvalue weighted by Crippen LogP contribution is -2.19. The van der Waals surface area contributed by atoms with Crippen molar-refractivity contribution in [2.75, 3.05) is 5.32 Å². The van der Waals surface area contributed by atoms with Crippen molar-refractivity contribution in [1.82, 2.24) is 15.0 Å². The van der Waals surface area contributed by atoms with E-state index < -0.39 is 23.3 Å². The number of halogens is 1. The topological polar surface area (TPSA) is 97.1 Å². The number of aromatic carboxylic acids is 1. The van der Waals surface area contributed by atoms with Crippen LogP contribution in [0.5, 0.6) is 0 Å². The molecule has 2 rings (SSSR count). The van der Waals surface area contributed by atoms with Crippen molar-refractivity contribution >= 4 is 17.6 Å². The average molecular weight is 264 g/mol. The van der Waals surface area contributed by atoms with Crippen LogP contribution in [-0.2, 0) is 11.3 Å². The number of aromatic nitrogens is 3. The molecule has 0 saturated carbocycles. The van der Waals surface area contributed by atoms with E-state index in [2.05, 4.69) is 15.6 Å². The molecule has 0 fully saturated rings. The number of hydrogen-bond donors (Lipinski definition) is 2. The molecule has 1 amide bonds. The summed E-state index contributed by atoms with van der Waals surface area (Å²) in [6.07, 6.45) is 2.93. The third-order valence-corrected chi connectivity index (χ3v) is 2.26. The highest BCUT2D eigenvalue weighted by atomic mass is 19.1. The van der Waals surface area contributed by atoms with Crippen molar-refractivity contribution in [3.05, 3.63) is 42.0 Å². The molecule has 0 aliphatic rings. The minimum absolute atomic E-state index is 0.0672. The molecule has 0 aliphatic carbocycles. The molecule has 0 saturated heterocycles. The van der Waals surface area contributed by atoms with Gasteiger partial charge in [0.25, 0.3) is 0 Å². The van der Waals surface area contributed by atoms with E-state index in [-0.39, 0.29) is 12.2 Å². The van der Waals surface area contributed by atoms with Crippen LogP contribution in [0.3, 0.4) is 0 Å². The zero-order valence-electron chi connectivity index (χ0n) is 9.58. The normalized spacial score (nSPS) is 10.2. The zero-order valence-corrected chi connectivity index (χ0v) is 9.58. The highest BCUT2D eigenvalue weighted by molar-refractivity contribution is 5.92. The van der Waals surface area contributed by atoms with Crippen LogP contribution in [-0.4, -0.2) is 32.0 Å². The highest BCUT2D eigenvalue weighted by Crippen LogP contribution is 2.14. The van der Waals surface area contributed by atoms with E-state index in [4.69, 9.17) is 5.11 Å². The molecule has 0 unspecified atom stereocenters. The van der Waals surface area contributed by atoms with Gasteiger partial charge in [-0.3, -0.25) is 4.79 Å². The van der Waals surface area contributed by atoms with Gasteiger partial charge in [0, 0.05) is 11.9 Å². The van der Waals surface area contributed by atoms with Gasteiger partial charge in [-0.1, -0.05) is 5.21 Å². The standard InChI is InChI=1S/C11H9FN4O3/c12-9-5-7(1-2-8(9)11(18)19)14-10(17)6-16-4-3-13-15-16/h1-5H,6H2,(H,14,17)(H,18,19). The molecule has 2 aromatic rings. The third kappa shape index (κ3) is 3.12. The number of rotatable bonds is 4. The summed E-state index contributed by atoms with van der Waals surface area (Å²) in [6.45, 7) is -0.0672. The maximum Gasteiger partial charge on any atom is 0.338 e. The molecule has 8 heteroatoms. The number of carboxylic acids is 1. The number of amides is 1. The van der Waals surface area contributed by atoms with E-state index >= 15 is 0 Å². The molecular formula is C11H9FN4O3. The summed E-state index contributed by atoms with van der Waals surface area (Å²) in [4.78, 5) is 22.2. The van der Waals surface area contributed by atoms with Gasteiger partial charge in [0.2, 0.25) is 5.91 Å². The maximum absolute atomic E-state index is 13.4. The Hall–Kier alpha value is -2.77. The Bertz CT molecular complexity index is 612. The molecule has 1 aromatic heterocycles. The molecule has 2 N–H and O–H groups in total. The van der Waals surface area contributed by atoms with Crippen LogP contribution in [0.15, 0.2) is 30.6 Å². The lowest BCUT2D eigenvalue weighted by molar-refractivity contribution is -0.116. The van der Waals surface area contributed by atoms with Crippen LogP contribution < -0.4 is 5.32 Å². The predicted molar refractivity (Wildman–Crippen MR) is 62.0 cm³/mol. The van der Waals surface area contributed by atoms with Crippen LogP contribution in [0, 0.1) is 5.82 Å². The summed E-state index contributed by atoms with van der Waals surface area (Å²) in [7, 11) is 0. The number of carbonyl (C=O) groups excluding carboxylic acids is 1. The first-order valence-corrected chi connectivity index (χ1v) is 5.23. The Morgan fingerprint density at radius 1 is 1.42 bits per heavy atom. The number of hydrogen-bond acceptors (Lipinski definition) is 4. The predicted octanol–water partition coefficient (Wildman–Crippen LogP) is 0.754. The summed E-state index contributed by atoms with van der Waals surface area (Å²) < 4.78 is 14.7. The van der Waals surface area contributed by atoms with Crippen molar-refractivity contribution in [2.24, 2.45) is 0 Å². The van der Waals surface area contributed by atoms with Gasteiger partial charge in [-0.25, -0.2) is 13.9 Å². The van der Waals surface area contributed by atoms with E-state index in [1.54, 1.807) is 0 Å². The fraction of sp³-hybridized carbons (Fsp3) is 0.0909. The van der Waals surface area contributed by atoms with Gasteiger partial charge in [0.05, 0.1) is 11.8 Å². The van der Waals surface area contributed by atoms with Gasteiger partial charge in [-0.05, 0) is 18.2 Å². The molecule has 0 spiro atoms. The quantitative estimate of drug-likeness (QED) is 0.849. The zero-order chi connectivity index (χ0) is 13.8. The van der Waals surface area contributed by atoms with Gasteiger partial charge in [-0.15, -0.1) is 5.10 Å². The molecule has 98 valence electrons. The molecular weight excluding hydrogens is 255 g/mol. The first kappa shape index (κ1) is 12.7. The first-order chi connectivity index (χ1) is 9.06. The minimum Gasteiger partial charge on any atom is -0.478 e. The number of nitrogens with one attached hydrogen (secondary N) is 1. The molecule has 0 radical (unpaired) electrons. The number of anilines is 1. The van der Waals surface area contributed by atoms with Crippen LogP contribution in [0.1, 0.15) is 10.4 Å². The summed E-state index contributed by atoms with van der Waals surface area (Å²) in [5.41, 5.74) is -0.276. The molecule has 19 heavy (non-hydrogen) atoms. The second-order valence-corrected chi connectivity index (χ2v) is 3.65. The van der Waals surface area contributed by atoms with Crippen LogP contribution >= 0.6 is 0 Å². The Kier molecular flexibility index (Phi) is 3.51. The minimum atomic E-state index is -1.36. The van der Waals surface area contributed by atoms with Gasteiger partial charge in [0.1, 0.15) is 12.4 Å².